The van der Waals surface area contributed by atoms with E-state index in [1.807, 2.05) is 0 Å². The Morgan fingerprint density at radius 2 is 0.520 bits per heavy atom. The number of hydrogen-bond donors (Lipinski definition) is 3. The summed E-state index contributed by atoms with van der Waals surface area (Å²) in [5.41, 5.74) is 0. The van der Waals surface area contributed by atoms with Crippen molar-refractivity contribution in [2.45, 2.75) is 432 Å². The minimum absolute atomic E-state index is 0.107. The van der Waals surface area contributed by atoms with Crippen molar-refractivity contribution in [2.75, 3.05) is 39.6 Å². The lowest BCUT2D eigenvalue weighted by atomic mass is 10.00. The first-order chi connectivity index (χ1) is 47.4. The molecule has 3 N–H and O–H groups in total. The number of phosphoric ester groups is 2. The molecule has 0 radical (unpaired) electrons. The Bertz CT molecular complexity index is 1890. The van der Waals surface area contributed by atoms with Crippen LogP contribution in [0, 0.1) is 11.8 Å². The third kappa shape index (κ3) is 71.1. The average molecular weight is 1440 g/mol. The quantitative estimate of drug-likeness (QED) is 0.0222. The van der Waals surface area contributed by atoms with Gasteiger partial charge in [-0.1, -0.05) is 363 Å². The van der Waals surface area contributed by atoms with Gasteiger partial charge in [-0.25, -0.2) is 9.13 Å². The molecule has 17 nitrogen and oxygen atoms in total. The molecular weight excluding hydrogens is 1280 g/mol. The molecule has 0 aromatic rings. The molecule has 582 valence electrons. The number of aliphatic hydroxyl groups excluding tert-OH is 1. The van der Waals surface area contributed by atoms with Crippen LogP contribution in [0.25, 0.3) is 0 Å². The summed E-state index contributed by atoms with van der Waals surface area (Å²) < 4.78 is 68.6. The molecule has 0 bridgehead atoms. The Labute approximate surface area is 600 Å². The highest BCUT2D eigenvalue weighted by Gasteiger charge is 2.30. The summed E-state index contributed by atoms with van der Waals surface area (Å²) in [5.74, 6) is -0.598. The SMILES string of the molecule is CCCCCCCCCCCCCCCCCCCCCC(=O)O[C@H](COC(=O)CCCCCCCCCCCCCCC(C)C)COP(=O)(O)OC[C@@H](O)COP(=O)(O)OC[C@@H](COC(=O)CCCCCCCCC(C)CC)OC(=O)CCCCCCCCCCCCCCCC. The number of phosphoric acid groups is 2. The molecule has 98 heavy (non-hydrogen) atoms. The predicted molar refractivity (Wildman–Crippen MR) is 400 cm³/mol. The van der Waals surface area contributed by atoms with Crippen LogP contribution in [0.1, 0.15) is 414 Å². The van der Waals surface area contributed by atoms with E-state index in [-0.39, 0.29) is 25.7 Å². The van der Waals surface area contributed by atoms with Crippen LogP contribution in [0.2, 0.25) is 0 Å². The van der Waals surface area contributed by atoms with Crippen LogP contribution in [0.5, 0.6) is 0 Å². The molecule has 0 aromatic heterocycles. The van der Waals surface area contributed by atoms with Crippen LogP contribution < -0.4 is 0 Å². The van der Waals surface area contributed by atoms with Gasteiger partial charge in [-0.05, 0) is 37.5 Å². The van der Waals surface area contributed by atoms with E-state index in [4.69, 9.17) is 37.0 Å². The minimum Gasteiger partial charge on any atom is -0.462 e. The number of carbonyl (C=O) groups is 4. The Morgan fingerprint density at radius 3 is 0.776 bits per heavy atom. The monoisotopic (exact) mass is 1440 g/mol. The van der Waals surface area contributed by atoms with Gasteiger partial charge in [0.25, 0.3) is 0 Å². The molecule has 0 fully saturated rings. The molecule has 0 spiro atoms. The van der Waals surface area contributed by atoms with Crippen molar-refractivity contribution in [3.8, 4) is 0 Å². The van der Waals surface area contributed by atoms with Crippen molar-refractivity contribution in [2.24, 2.45) is 11.8 Å². The highest BCUT2D eigenvalue weighted by Crippen LogP contribution is 2.45. The summed E-state index contributed by atoms with van der Waals surface area (Å²) in [7, 11) is -9.92. The van der Waals surface area contributed by atoms with Gasteiger partial charge in [0.2, 0.25) is 0 Å². The molecule has 6 atom stereocenters. The maximum atomic E-state index is 13.1. The van der Waals surface area contributed by atoms with E-state index in [9.17, 15) is 43.2 Å². The lowest BCUT2D eigenvalue weighted by Gasteiger charge is -2.21. The second-order valence-electron chi connectivity index (χ2n) is 29.2. The fourth-order valence-corrected chi connectivity index (χ4v) is 13.7. The second-order valence-corrected chi connectivity index (χ2v) is 32.1. The van der Waals surface area contributed by atoms with Crippen molar-refractivity contribution < 1.29 is 80.2 Å². The third-order valence-corrected chi connectivity index (χ3v) is 20.7. The van der Waals surface area contributed by atoms with E-state index in [2.05, 4.69) is 41.5 Å². The molecule has 0 saturated carbocycles. The van der Waals surface area contributed by atoms with Gasteiger partial charge in [0.1, 0.15) is 19.3 Å². The molecule has 0 aliphatic heterocycles. The Kier molecular flexibility index (Phi) is 69.3. The second kappa shape index (κ2) is 70.7. The molecule has 0 aliphatic rings. The van der Waals surface area contributed by atoms with Gasteiger partial charge in [0, 0.05) is 25.7 Å². The summed E-state index contributed by atoms with van der Waals surface area (Å²) in [5, 5.41) is 10.6. The first-order valence-corrected chi connectivity index (χ1v) is 44.0. The maximum absolute atomic E-state index is 13.1. The first-order valence-electron chi connectivity index (χ1n) is 41.0. The molecule has 0 rings (SSSR count). The maximum Gasteiger partial charge on any atom is 0.472 e. The van der Waals surface area contributed by atoms with Gasteiger partial charge in [-0.3, -0.25) is 37.3 Å². The number of unbranched alkanes of at least 4 members (excludes halogenated alkanes) is 47. The van der Waals surface area contributed by atoms with Gasteiger partial charge in [0.05, 0.1) is 26.4 Å². The summed E-state index contributed by atoms with van der Waals surface area (Å²) >= 11 is 0. The van der Waals surface area contributed by atoms with E-state index in [0.717, 1.165) is 108 Å². The normalized spacial score (nSPS) is 14.2. The Hall–Kier alpha value is -1.94. The van der Waals surface area contributed by atoms with Crippen LogP contribution in [0.4, 0.5) is 0 Å². The van der Waals surface area contributed by atoms with Crippen LogP contribution >= 0.6 is 15.6 Å². The van der Waals surface area contributed by atoms with Crippen LogP contribution in [0.3, 0.4) is 0 Å². The zero-order valence-corrected chi connectivity index (χ0v) is 65.9. The van der Waals surface area contributed by atoms with Crippen LogP contribution in [-0.4, -0.2) is 96.7 Å². The van der Waals surface area contributed by atoms with E-state index >= 15 is 0 Å². The number of aliphatic hydroxyl groups is 1. The van der Waals surface area contributed by atoms with E-state index < -0.39 is 97.5 Å². The van der Waals surface area contributed by atoms with E-state index in [0.29, 0.717) is 25.7 Å². The first kappa shape index (κ1) is 96.1. The van der Waals surface area contributed by atoms with Gasteiger partial charge in [-0.15, -0.1) is 0 Å². The molecule has 0 saturated heterocycles. The number of rotatable bonds is 78. The molecule has 19 heteroatoms. The lowest BCUT2D eigenvalue weighted by molar-refractivity contribution is -0.161. The molecule has 0 amide bonds. The highest BCUT2D eigenvalue weighted by atomic mass is 31.2. The standard InChI is InChI=1S/C79H154O17P2/c1-7-10-12-14-16-18-20-22-24-25-26-27-28-30-36-40-44-52-58-64-78(83)95-74(67-89-76(81)61-55-49-42-38-34-32-31-33-37-41-47-53-59-71(4)5)69-93-97(85,86)91-65-73(80)66-92-98(87,88)94-70-75(68-90-77(82)62-56-50-46-45-48-54-60-72(6)9-3)96-79(84)63-57-51-43-39-35-29-23-21-19-17-15-13-11-8-2/h71-75,80H,7-70H2,1-6H3,(H,85,86)(H,87,88)/t72?,73-,74-,75-/m1/s1. The summed E-state index contributed by atoms with van der Waals surface area (Å²) in [6.45, 7) is 9.60. The van der Waals surface area contributed by atoms with Gasteiger partial charge >= 0.3 is 39.5 Å². The number of esters is 4. The Balaban J connectivity index is 5.24. The summed E-state index contributed by atoms with van der Waals surface area (Å²) in [4.78, 5) is 72.9. The van der Waals surface area contributed by atoms with Crippen molar-refractivity contribution >= 4 is 39.5 Å². The van der Waals surface area contributed by atoms with E-state index in [1.54, 1.807) is 0 Å². The third-order valence-electron chi connectivity index (χ3n) is 18.8. The zero-order valence-electron chi connectivity index (χ0n) is 64.1. The Morgan fingerprint density at radius 1 is 0.296 bits per heavy atom. The van der Waals surface area contributed by atoms with Crippen molar-refractivity contribution in [3.05, 3.63) is 0 Å². The van der Waals surface area contributed by atoms with Crippen molar-refractivity contribution in [3.63, 3.8) is 0 Å². The van der Waals surface area contributed by atoms with Crippen LogP contribution in [0.15, 0.2) is 0 Å². The largest absolute Gasteiger partial charge is 0.472 e. The summed E-state index contributed by atoms with van der Waals surface area (Å²) in [6.07, 6.45) is 59.6. The lowest BCUT2D eigenvalue weighted by Crippen LogP contribution is -2.30. The number of carbonyl (C=O) groups excluding carboxylic acids is 4. The van der Waals surface area contributed by atoms with Crippen molar-refractivity contribution in [1.82, 2.24) is 0 Å². The van der Waals surface area contributed by atoms with Crippen LogP contribution in [-0.2, 0) is 65.4 Å². The number of hydrogen-bond acceptors (Lipinski definition) is 15. The zero-order chi connectivity index (χ0) is 72.1. The molecule has 0 aromatic carbocycles. The molecule has 3 unspecified atom stereocenters. The smallest absolute Gasteiger partial charge is 0.462 e. The number of ether oxygens (including phenoxy) is 4. The van der Waals surface area contributed by atoms with Gasteiger partial charge in [-0.2, -0.15) is 0 Å². The van der Waals surface area contributed by atoms with Gasteiger partial charge in [0.15, 0.2) is 12.2 Å². The highest BCUT2D eigenvalue weighted by molar-refractivity contribution is 7.47. The predicted octanol–water partition coefficient (Wildman–Crippen LogP) is 23.5. The molecule has 0 aliphatic carbocycles. The fourth-order valence-electron chi connectivity index (χ4n) is 12.2. The topological polar surface area (TPSA) is 237 Å². The van der Waals surface area contributed by atoms with Gasteiger partial charge < -0.3 is 33.8 Å². The fraction of sp³-hybridized carbons (Fsp3) is 0.949. The van der Waals surface area contributed by atoms with Crippen molar-refractivity contribution in [1.29, 1.82) is 0 Å². The minimum atomic E-state index is -4.96. The van der Waals surface area contributed by atoms with E-state index in [1.165, 1.54) is 225 Å². The molecule has 0 heterocycles. The summed E-state index contributed by atoms with van der Waals surface area (Å²) in [6, 6.07) is 0. The average Bonchev–Trinajstić information content (AvgIpc) is 2.09. The molecular formula is C79H154O17P2.